The lowest BCUT2D eigenvalue weighted by atomic mass is 9.96. The van der Waals surface area contributed by atoms with Crippen LogP contribution in [0.15, 0.2) is 28.7 Å². The molecular weight excluding hydrogens is 314 g/mol. The summed E-state index contributed by atoms with van der Waals surface area (Å²) in [6.07, 6.45) is 3.43. The van der Waals surface area contributed by atoms with Crippen molar-refractivity contribution in [1.29, 1.82) is 0 Å². The van der Waals surface area contributed by atoms with Crippen LogP contribution in [0.4, 0.5) is 0 Å². The van der Waals surface area contributed by atoms with Crippen molar-refractivity contribution in [3.05, 3.63) is 34.3 Å². The Morgan fingerprint density at radius 1 is 1.25 bits per heavy atom. The van der Waals surface area contributed by atoms with Crippen LogP contribution in [-0.4, -0.2) is 25.8 Å². The molecule has 0 aliphatic heterocycles. The van der Waals surface area contributed by atoms with Crippen LogP contribution in [0, 0.1) is 0 Å². The molecular formula is C17H28BrNO. The molecule has 1 aromatic carbocycles. The fraction of sp³-hybridized carbons (Fsp3) is 0.647. The fourth-order valence-electron chi connectivity index (χ4n) is 2.10. The third kappa shape index (κ3) is 7.41. The molecule has 0 amide bonds. The summed E-state index contributed by atoms with van der Waals surface area (Å²) in [6, 6.07) is 9.14. The minimum absolute atomic E-state index is 0.511. The van der Waals surface area contributed by atoms with Crippen molar-refractivity contribution in [2.45, 2.75) is 52.0 Å². The third-order valence-electron chi connectivity index (χ3n) is 3.35. The molecule has 1 rings (SSSR count). The number of ether oxygens (including phenoxy) is 1. The summed E-state index contributed by atoms with van der Waals surface area (Å²) >= 11 is 3.56. The van der Waals surface area contributed by atoms with Gasteiger partial charge in [-0.1, -0.05) is 55.3 Å². The molecule has 1 N–H and O–H groups in total. The predicted molar refractivity (Wildman–Crippen MR) is 90.4 cm³/mol. The zero-order valence-electron chi connectivity index (χ0n) is 13.0. The Hall–Kier alpha value is -0.380. The van der Waals surface area contributed by atoms with E-state index in [1.54, 1.807) is 0 Å². The summed E-state index contributed by atoms with van der Waals surface area (Å²) in [5.41, 5.74) is 1.38. The molecule has 3 heteroatoms. The van der Waals surface area contributed by atoms with Gasteiger partial charge in [0.05, 0.1) is 0 Å². The second-order valence-electron chi connectivity index (χ2n) is 5.57. The molecule has 1 aromatic rings. The van der Waals surface area contributed by atoms with E-state index in [1.807, 2.05) is 0 Å². The van der Waals surface area contributed by atoms with E-state index < -0.39 is 0 Å². The highest BCUT2D eigenvalue weighted by molar-refractivity contribution is 9.10. The number of halogens is 1. The SMILES string of the molecule is CCCCOCCC(CNC(C)C)c1cccc(Br)c1. The molecule has 0 radical (unpaired) electrons. The molecule has 0 aliphatic rings. The van der Waals surface area contributed by atoms with Crippen molar-refractivity contribution < 1.29 is 4.74 Å². The number of rotatable bonds is 10. The van der Waals surface area contributed by atoms with Crippen molar-refractivity contribution in [2.75, 3.05) is 19.8 Å². The van der Waals surface area contributed by atoms with Crippen LogP contribution in [-0.2, 0) is 4.74 Å². The summed E-state index contributed by atoms with van der Waals surface area (Å²) in [5.74, 6) is 0.511. The van der Waals surface area contributed by atoms with E-state index in [1.165, 1.54) is 12.0 Å². The van der Waals surface area contributed by atoms with Gasteiger partial charge in [-0.3, -0.25) is 0 Å². The van der Waals surface area contributed by atoms with Crippen LogP contribution in [0.5, 0.6) is 0 Å². The molecule has 20 heavy (non-hydrogen) atoms. The molecule has 0 bridgehead atoms. The largest absolute Gasteiger partial charge is 0.381 e. The van der Waals surface area contributed by atoms with E-state index in [0.717, 1.165) is 37.1 Å². The molecule has 0 aromatic heterocycles. The number of benzene rings is 1. The number of unbranched alkanes of at least 4 members (excludes halogenated alkanes) is 1. The third-order valence-corrected chi connectivity index (χ3v) is 3.84. The lowest BCUT2D eigenvalue weighted by Gasteiger charge is -2.20. The topological polar surface area (TPSA) is 21.3 Å². The van der Waals surface area contributed by atoms with Gasteiger partial charge in [0, 0.05) is 30.3 Å². The van der Waals surface area contributed by atoms with E-state index in [0.29, 0.717) is 12.0 Å². The fourth-order valence-corrected chi connectivity index (χ4v) is 2.52. The molecule has 0 spiro atoms. The predicted octanol–water partition coefficient (Wildman–Crippen LogP) is 4.74. The number of nitrogens with one attached hydrogen (secondary N) is 1. The van der Waals surface area contributed by atoms with Crippen molar-refractivity contribution >= 4 is 15.9 Å². The van der Waals surface area contributed by atoms with Crippen LogP contribution in [0.25, 0.3) is 0 Å². The molecule has 0 saturated carbocycles. The van der Waals surface area contributed by atoms with Crippen molar-refractivity contribution in [3.8, 4) is 0 Å². The lowest BCUT2D eigenvalue weighted by molar-refractivity contribution is 0.123. The highest BCUT2D eigenvalue weighted by Crippen LogP contribution is 2.22. The maximum Gasteiger partial charge on any atom is 0.0472 e. The van der Waals surface area contributed by atoms with Crippen LogP contribution < -0.4 is 5.32 Å². The highest BCUT2D eigenvalue weighted by Gasteiger charge is 2.12. The van der Waals surface area contributed by atoms with Gasteiger partial charge in [0.25, 0.3) is 0 Å². The first kappa shape index (κ1) is 17.7. The Morgan fingerprint density at radius 2 is 2.05 bits per heavy atom. The van der Waals surface area contributed by atoms with Gasteiger partial charge in [0.2, 0.25) is 0 Å². The van der Waals surface area contributed by atoms with E-state index in [-0.39, 0.29) is 0 Å². The van der Waals surface area contributed by atoms with Gasteiger partial charge in [0.1, 0.15) is 0 Å². The first-order valence-corrected chi connectivity index (χ1v) is 8.49. The molecule has 0 aliphatic carbocycles. The molecule has 0 heterocycles. The van der Waals surface area contributed by atoms with E-state index in [2.05, 4.69) is 66.3 Å². The molecule has 114 valence electrons. The number of hydrogen-bond acceptors (Lipinski definition) is 2. The maximum absolute atomic E-state index is 5.72. The first-order valence-electron chi connectivity index (χ1n) is 7.70. The Morgan fingerprint density at radius 3 is 2.70 bits per heavy atom. The van der Waals surface area contributed by atoms with Gasteiger partial charge in [-0.2, -0.15) is 0 Å². The summed E-state index contributed by atoms with van der Waals surface area (Å²) in [4.78, 5) is 0. The Bertz CT molecular complexity index is 368. The average Bonchev–Trinajstić information content (AvgIpc) is 2.41. The molecule has 0 fully saturated rings. The van der Waals surface area contributed by atoms with Gasteiger partial charge in [-0.25, -0.2) is 0 Å². The Labute approximate surface area is 132 Å². The Kier molecular flexibility index (Phi) is 9.16. The standard InChI is InChI=1S/C17H28BrNO/c1-4-5-10-20-11-9-16(13-19-14(2)3)15-7-6-8-17(18)12-15/h6-8,12,14,16,19H,4-5,9-11,13H2,1-3H3. The van der Waals surface area contributed by atoms with Crippen LogP contribution in [0.2, 0.25) is 0 Å². The van der Waals surface area contributed by atoms with E-state index in [4.69, 9.17) is 4.74 Å². The quantitative estimate of drug-likeness (QED) is 0.620. The van der Waals surface area contributed by atoms with Crippen LogP contribution in [0.3, 0.4) is 0 Å². The normalized spacial score (nSPS) is 12.8. The first-order chi connectivity index (χ1) is 9.63. The van der Waals surface area contributed by atoms with Gasteiger partial charge in [0.15, 0.2) is 0 Å². The second-order valence-corrected chi connectivity index (χ2v) is 6.49. The monoisotopic (exact) mass is 341 g/mol. The van der Waals surface area contributed by atoms with Gasteiger partial charge in [-0.15, -0.1) is 0 Å². The summed E-state index contributed by atoms with van der Waals surface area (Å²) in [7, 11) is 0. The minimum Gasteiger partial charge on any atom is -0.381 e. The van der Waals surface area contributed by atoms with Crippen molar-refractivity contribution in [2.24, 2.45) is 0 Å². The zero-order chi connectivity index (χ0) is 14.8. The second kappa shape index (κ2) is 10.4. The van der Waals surface area contributed by atoms with E-state index >= 15 is 0 Å². The molecule has 0 saturated heterocycles. The van der Waals surface area contributed by atoms with Crippen LogP contribution in [0.1, 0.15) is 51.5 Å². The average molecular weight is 342 g/mol. The van der Waals surface area contributed by atoms with Gasteiger partial charge < -0.3 is 10.1 Å². The van der Waals surface area contributed by atoms with Crippen molar-refractivity contribution in [1.82, 2.24) is 5.32 Å². The summed E-state index contributed by atoms with van der Waals surface area (Å²) in [6.45, 7) is 9.31. The maximum atomic E-state index is 5.72. The molecule has 1 atom stereocenters. The zero-order valence-corrected chi connectivity index (χ0v) is 14.6. The molecule has 1 unspecified atom stereocenters. The number of hydrogen-bond donors (Lipinski definition) is 1. The summed E-state index contributed by atoms with van der Waals surface area (Å²) in [5, 5.41) is 3.54. The minimum atomic E-state index is 0.511. The van der Waals surface area contributed by atoms with E-state index in [9.17, 15) is 0 Å². The van der Waals surface area contributed by atoms with Gasteiger partial charge in [-0.05, 0) is 36.5 Å². The summed E-state index contributed by atoms with van der Waals surface area (Å²) < 4.78 is 6.87. The highest BCUT2D eigenvalue weighted by atomic mass is 79.9. The Balaban J connectivity index is 2.51. The smallest absolute Gasteiger partial charge is 0.0472 e. The molecule has 2 nitrogen and oxygen atoms in total. The lowest BCUT2D eigenvalue weighted by Crippen LogP contribution is -2.28. The van der Waals surface area contributed by atoms with Crippen LogP contribution >= 0.6 is 15.9 Å². The van der Waals surface area contributed by atoms with Crippen molar-refractivity contribution in [3.63, 3.8) is 0 Å². The van der Waals surface area contributed by atoms with Gasteiger partial charge >= 0.3 is 0 Å².